The molecule has 0 aromatic heterocycles. The Morgan fingerprint density at radius 3 is 2.36 bits per heavy atom. The molecule has 2 atom stereocenters. The number of nitrogens with zero attached hydrogens (tertiary/aromatic N) is 1. The first kappa shape index (κ1) is 17.7. The molecule has 3 nitrogen and oxygen atoms in total. The van der Waals surface area contributed by atoms with E-state index >= 15 is 0 Å². The van der Waals surface area contributed by atoms with Crippen LogP contribution >= 0.6 is 0 Å². The number of hydrogen-bond donors (Lipinski definition) is 1. The summed E-state index contributed by atoms with van der Waals surface area (Å²) in [5, 5.41) is 3.14. The highest BCUT2D eigenvalue weighted by molar-refractivity contribution is 5.93. The second kappa shape index (κ2) is 8.30. The Morgan fingerprint density at radius 1 is 1.00 bits per heavy atom. The van der Waals surface area contributed by atoms with Crippen molar-refractivity contribution in [1.29, 1.82) is 0 Å². The quantitative estimate of drug-likeness (QED) is 0.873. The topological polar surface area (TPSA) is 32.3 Å². The number of carbonyl (C=O) groups excluding carboxylic acids is 1. The largest absolute Gasteiger partial charge is 0.325 e. The maximum atomic E-state index is 12.6. The number of amides is 1. The van der Waals surface area contributed by atoms with Gasteiger partial charge in [0, 0.05) is 17.8 Å². The molecule has 1 heterocycles. The Kier molecular flexibility index (Phi) is 5.87. The van der Waals surface area contributed by atoms with Gasteiger partial charge in [0.15, 0.2) is 0 Å². The first-order chi connectivity index (χ1) is 12.1. The van der Waals surface area contributed by atoms with Gasteiger partial charge >= 0.3 is 0 Å². The van der Waals surface area contributed by atoms with Crippen LogP contribution in [0.1, 0.15) is 44.2 Å². The van der Waals surface area contributed by atoms with E-state index in [9.17, 15) is 4.79 Å². The highest BCUT2D eigenvalue weighted by Gasteiger charge is 2.26. The summed E-state index contributed by atoms with van der Waals surface area (Å²) in [6, 6.07) is 19.4. The first-order valence-corrected chi connectivity index (χ1v) is 9.31. The summed E-state index contributed by atoms with van der Waals surface area (Å²) in [5.74, 6) is 0.0844. The minimum absolute atomic E-state index is 0.0844. The van der Waals surface area contributed by atoms with E-state index in [4.69, 9.17) is 0 Å². The average molecular weight is 336 g/mol. The monoisotopic (exact) mass is 336 g/mol. The molecule has 0 bridgehead atoms. The normalized spacial score (nSPS) is 21.0. The lowest BCUT2D eigenvalue weighted by Gasteiger charge is -2.38. The molecule has 132 valence electrons. The zero-order valence-electron chi connectivity index (χ0n) is 15.2. The van der Waals surface area contributed by atoms with Crippen molar-refractivity contribution < 1.29 is 4.79 Å². The Labute approximate surface area is 151 Å². The number of nitrogens with one attached hydrogen (secondary N) is 1. The van der Waals surface area contributed by atoms with Crippen molar-refractivity contribution in [3.05, 3.63) is 65.7 Å². The Hall–Kier alpha value is -2.13. The summed E-state index contributed by atoms with van der Waals surface area (Å²) in [7, 11) is 0. The van der Waals surface area contributed by atoms with Crippen molar-refractivity contribution in [2.24, 2.45) is 0 Å². The van der Waals surface area contributed by atoms with E-state index in [0.29, 0.717) is 18.6 Å². The maximum absolute atomic E-state index is 12.6. The van der Waals surface area contributed by atoms with Crippen molar-refractivity contribution in [3.8, 4) is 0 Å². The fourth-order valence-corrected chi connectivity index (χ4v) is 3.75. The molecule has 0 unspecified atom stereocenters. The van der Waals surface area contributed by atoms with E-state index in [-0.39, 0.29) is 5.91 Å². The average Bonchev–Trinajstić information content (AvgIpc) is 2.61. The summed E-state index contributed by atoms with van der Waals surface area (Å²) in [5.41, 5.74) is 3.33. The van der Waals surface area contributed by atoms with E-state index < -0.39 is 0 Å². The number of para-hydroxylation sites is 1. The number of carbonyl (C=O) groups is 1. The fourth-order valence-electron chi connectivity index (χ4n) is 3.75. The molecular weight excluding hydrogens is 308 g/mol. The van der Waals surface area contributed by atoms with E-state index in [1.54, 1.807) is 0 Å². The number of benzene rings is 2. The standard InChI is InChI=1S/C22H28N2O/c1-17-9-8-10-18(2)24(17)16-22(25)23-21-14-7-6-13-20(21)15-19-11-4-3-5-12-19/h3-7,11-14,17-18H,8-10,15-16H2,1-2H3,(H,23,25)/t17-,18-/m0/s1. The van der Waals surface area contributed by atoms with Gasteiger partial charge in [-0.3, -0.25) is 9.69 Å². The molecule has 0 radical (unpaired) electrons. The smallest absolute Gasteiger partial charge is 0.238 e. The Morgan fingerprint density at radius 2 is 1.64 bits per heavy atom. The first-order valence-electron chi connectivity index (χ1n) is 9.31. The van der Waals surface area contributed by atoms with E-state index in [2.05, 4.69) is 54.4 Å². The number of piperidine rings is 1. The van der Waals surface area contributed by atoms with Gasteiger partial charge in [0.05, 0.1) is 6.54 Å². The molecule has 1 fully saturated rings. The number of likely N-dealkylation sites (tertiary alicyclic amines) is 1. The van der Waals surface area contributed by atoms with Crippen LogP contribution in [-0.2, 0) is 11.2 Å². The van der Waals surface area contributed by atoms with Gasteiger partial charge < -0.3 is 5.32 Å². The lowest BCUT2D eigenvalue weighted by Crippen LogP contribution is -2.47. The van der Waals surface area contributed by atoms with Gasteiger partial charge in [-0.05, 0) is 50.3 Å². The second-order valence-electron chi connectivity index (χ2n) is 7.17. The predicted molar refractivity (Wildman–Crippen MR) is 104 cm³/mol. The third-order valence-corrected chi connectivity index (χ3v) is 5.23. The molecule has 3 heteroatoms. The molecule has 25 heavy (non-hydrogen) atoms. The van der Waals surface area contributed by atoms with Crippen LogP contribution in [0.25, 0.3) is 0 Å². The van der Waals surface area contributed by atoms with Gasteiger partial charge in [-0.2, -0.15) is 0 Å². The van der Waals surface area contributed by atoms with Gasteiger partial charge in [0.1, 0.15) is 0 Å². The van der Waals surface area contributed by atoms with Crippen LogP contribution in [0, 0.1) is 0 Å². The summed E-state index contributed by atoms with van der Waals surface area (Å²) in [6.07, 6.45) is 4.46. The number of rotatable bonds is 5. The lowest BCUT2D eigenvalue weighted by molar-refractivity contribution is -0.118. The third kappa shape index (κ3) is 4.70. The third-order valence-electron chi connectivity index (χ3n) is 5.23. The fraction of sp³-hybridized carbons (Fsp3) is 0.409. The molecule has 1 aliphatic rings. The van der Waals surface area contributed by atoms with Crippen molar-refractivity contribution in [1.82, 2.24) is 4.90 Å². The molecule has 2 aromatic rings. The minimum atomic E-state index is 0.0844. The number of hydrogen-bond acceptors (Lipinski definition) is 2. The van der Waals surface area contributed by atoms with Crippen LogP contribution in [0.2, 0.25) is 0 Å². The van der Waals surface area contributed by atoms with Crippen LogP contribution in [0.4, 0.5) is 5.69 Å². The Balaban J connectivity index is 1.67. The molecule has 1 amide bonds. The summed E-state index contributed by atoms with van der Waals surface area (Å²) in [6.45, 7) is 4.93. The summed E-state index contributed by atoms with van der Waals surface area (Å²) >= 11 is 0. The van der Waals surface area contributed by atoms with E-state index in [1.165, 1.54) is 24.8 Å². The van der Waals surface area contributed by atoms with Crippen molar-refractivity contribution in [3.63, 3.8) is 0 Å². The molecule has 3 rings (SSSR count). The molecule has 2 aromatic carbocycles. The molecular formula is C22H28N2O. The molecule has 0 aliphatic carbocycles. The molecule has 0 spiro atoms. The summed E-state index contributed by atoms with van der Waals surface area (Å²) < 4.78 is 0. The molecule has 1 N–H and O–H groups in total. The van der Waals surface area contributed by atoms with Gasteiger partial charge in [0.25, 0.3) is 0 Å². The van der Waals surface area contributed by atoms with Gasteiger partial charge in [-0.1, -0.05) is 55.0 Å². The lowest BCUT2D eigenvalue weighted by atomic mass is 9.97. The van der Waals surface area contributed by atoms with E-state index in [1.807, 2.05) is 24.3 Å². The molecule has 1 saturated heterocycles. The van der Waals surface area contributed by atoms with Gasteiger partial charge in [-0.15, -0.1) is 0 Å². The SMILES string of the molecule is C[C@H]1CCC[C@H](C)N1CC(=O)Nc1ccccc1Cc1ccccc1. The second-order valence-corrected chi connectivity index (χ2v) is 7.17. The number of anilines is 1. The maximum Gasteiger partial charge on any atom is 0.238 e. The Bertz CT molecular complexity index is 688. The van der Waals surface area contributed by atoms with Crippen LogP contribution in [-0.4, -0.2) is 29.4 Å². The highest BCUT2D eigenvalue weighted by Crippen LogP contribution is 2.23. The zero-order valence-corrected chi connectivity index (χ0v) is 15.2. The van der Waals surface area contributed by atoms with Crippen molar-refractivity contribution in [2.45, 2.75) is 51.6 Å². The van der Waals surface area contributed by atoms with Gasteiger partial charge in [0.2, 0.25) is 5.91 Å². The van der Waals surface area contributed by atoms with Crippen molar-refractivity contribution >= 4 is 11.6 Å². The van der Waals surface area contributed by atoms with Crippen LogP contribution in [0.15, 0.2) is 54.6 Å². The van der Waals surface area contributed by atoms with Crippen LogP contribution in [0.5, 0.6) is 0 Å². The van der Waals surface area contributed by atoms with Crippen LogP contribution in [0.3, 0.4) is 0 Å². The minimum Gasteiger partial charge on any atom is -0.325 e. The summed E-state index contributed by atoms with van der Waals surface area (Å²) in [4.78, 5) is 15.0. The van der Waals surface area contributed by atoms with Crippen molar-refractivity contribution in [2.75, 3.05) is 11.9 Å². The molecule has 0 saturated carbocycles. The van der Waals surface area contributed by atoms with Gasteiger partial charge in [-0.25, -0.2) is 0 Å². The van der Waals surface area contributed by atoms with Crippen LogP contribution < -0.4 is 5.32 Å². The molecule has 1 aliphatic heterocycles. The van der Waals surface area contributed by atoms with E-state index in [0.717, 1.165) is 17.7 Å². The zero-order chi connectivity index (χ0) is 17.6. The predicted octanol–water partition coefficient (Wildman–Crippen LogP) is 4.48. The highest BCUT2D eigenvalue weighted by atomic mass is 16.2.